The van der Waals surface area contributed by atoms with Gasteiger partial charge in [-0.3, -0.25) is 18.7 Å². The van der Waals surface area contributed by atoms with Gasteiger partial charge in [-0.15, -0.1) is 0 Å². The Morgan fingerprint density at radius 1 is 0.731 bits per heavy atom. The molecule has 0 aromatic carbocycles. The van der Waals surface area contributed by atoms with Crippen LogP contribution in [0.1, 0.15) is 0 Å². The molecular formula is C14H16N2O8S2. The predicted molar refractivity (Wildman–Crippen MR) is 93.6 cm³/mol. The van der Waals surface area contributed by atoms with E-state index in [4.69, 9.17) is 0 Å². The summed E-state index contributed by atoms with van der Waals surface area (Å²) in [7, 11) is 1.46. The molecule has 0 aliphatic rings. The lowest BCUT2D eigenvalue weighted by Gasteiger charge is -2.18. The normalized spacial score (nSPS) is 13.4. The molecule has 2 rings (SSSR count). The third-order valence-corrected chi connectivity index (χ3v) is 6.41. The van der Waals surface area contributed by atoms with Crippen LogP contribution in [0.15, 0.2) is 24.3 Å². The largest absolute Gasteiger partial charge is 0.494 e. The minimum absolute atomic E-state index is 0.288. The Kier molecular flexibility index (Phi) is 6.21. The molecule has 26 heavy (non-hydrogen) atoms. The van der Waals surface area contributed by atoms with Crippen molar-refractivity contribution in [3.8, 4) is 23.5 Å². The Balaban J connectivity index is 2.07. The van der Waals surface area contributed by atoms with E-state index in [-0.39, 0.29) is 36.6 Å². The van der Waals surface area contributed by atoms with Crippen LogP contribution in [0.2, 0.25) is 0 Å². The van der Waals surface area contributed by atoms with Crippen LogP contribution in [-0.2, 0) is 22.7 Å². The Morgan fingerprint density at radius 3 is 1.23 bits per heavy atom. The standard InChI is InChI=1S/C14H16N2O8S2/c17-9-1-2-10(18)15(9)5-7(13(21)22)25-26-8(14(23)24)6-16-11(19)3-4-12(16)20/h1-4,7-8,17-20H,5-6H2,(H,21,22)(H,23,24). The molecule has 0 saturated heterocycles. The molecule has 0 fully saturated rings. The summed E-state index contributed by atoms with van der Waals surface area (Å²) in [6, 6.07) is 4.79. The van der Waals surface area contributed by atoms with Crippen molar-refractivity contribution < 1.29 is 40.2 Å². The zero-order valence-electron chi connectivity index (χ0n) is 13.1. The lowest BCUT2D eigenvalue weighted by molar-refractivity contribution is -0.137. The monoisotopic (exact) mass is 404 g/mol. The van der Waals surface area contributed by atoms with Gasteiger partial charge in [0.25, 0.3) is 0 Å². The van der Waals surface area contributed by atoms with E-state index in [9.17, 15) is 40.2 Å². The van der Waals surface area contributed by atoms with Gasteiger partial charge in [-0.05, 0) is 0 Å². The number of hydrogen-bond donors (Lipinski definition) is 6. The molecule has 0 bridgehead atoms. The van der Waals surface area contributed by atoms with E-state index in [1.54, 1.807) is 0 Å². The van der Waals surface area contributed by atoms with Crippen molar-refractivity contribution >= 4 is 33.5 Å². The molecule has 0 spiro atoms. The third kappa shape index (κ3) is 4.52. The molecule has 0 aliphatic heterocycles. The molecule has 10 nitrogen and oxygen atoms in total. The van der Waals surface area contributed by atoms with Crippen LogP contribution in [0, 0.1) is 0 Å². The maximum absolute atomic E-state index is 11.4. The van der Waals surface area contributed by atoms with E-state index in [1.165, 1.54) is 24.3 Å². The predicted octanol–water partition coefficient (Wildman–Crippen LogP) is 1.10. The smallest absolute Gasteiger partial charge is 0.319 e. The maximum atomic E-state index is 11.4. The highest BCUT2D eigenvalue weighted by atomic mass is 33.1. The molecule has 2 heterocycles. The third-order valence-electron chi connectivity index (χ3n) is 3.40. The summed E-state index contributed by atoms with van der Waals surface area (Å²) in [5.41, 5.74) is 0. The van der Waals surface area contributed by atoms with E-state index < -0.39 is 22.4 Å². The van der Waals surface area contributed by atoms with Crippen LogP contribution in [0.4, 0.5) is 0 Å². The van der Waals surface area contributed by atoms with Gasteiger partial charge in [0.05, 0.1) is 13.1 Å². The number of aromatic nitrogens is 2. The lowest BCUT2D eigenvalue weighted by atomic mass is 10.4. The summed E-state index contributed by atoms with van der Waals surface area (Å²) >= 11 is 0. The summed E-state index contributed by atoms with van der Waals surface area (Å²) in [4.78, 5) is 22.8. The van der Waals surface area contributed by atoms with Crippen LogP contribution < -0.4 is 0 Å². The first-order chi connectivity index (χ1) is 12.2. The molecule has 0 saturated carbocycles. The topological polar surface area (TPSA) is 165 Å². The zero-order valence-corrected chi connectivity index (χ0v) is 14.7. The first kappa shape index (κ1) is 19.7. The van der Waals surface area contributed by atoms with Crippen LogP contribution in [0.5, 0.6) is 23.5 Å². The highest BCUT2D eigenvalue weighted by Gasteiger charge is 2.27. The minimum Gasteiger partial charge on any atom is -0.494 e. The highest BCUT2D eigenvalue weighted by Crippen LogP contribution is 2.36. The summed E-state index contributed by atoms with van der Waals surface area (Å²) in [6.07, 6.45) is 0. The quantitative estimate of drug-likeness (QED) is 0.333. The maximum Gasteiger partial charge on any atom is 0.319 e. The van der Waals surface area contributed by atoms with Crippen LogP contribution in [0.3, 0.4) is 0 Å². The molecule has 0 radical (unpaired) electrons. The van der Waals surface area contributed by atoms with Crippen LogP contribution in [0.25, 0.3) is 0 Å². The van der Waals surface area contributed by atoms with Gasteiger partial charge in [-0.2, -0.15) is 0 Å². The van der Waals surface area contributed by atoms with Gasteiger partial charge in [0.1, 0.15) is 10.5 Å². The van der Waals surface area contributed by atoms with Crippen molar-refractivity contribution in [3.63, 3.8) is 0 Å². The molecule has 12 heteroatoms. The second kappa shape index (κ2) is 8.19. The molecule has 0 aliphatic carbocycles. The Labute approximate surface area is 154 Å². The van der Waals surface area contributed by atoms with E-state index in [0.29, 0.717) is 0 Å². The van der Waals surface area contributed by atoms with Crippen molar-refractivity contribution in [2.75, 3.05) is 0 Å². The van der Waals surface area contributed by atoms with E-state index >= 15 is 0 Å². The summed E-state index contributed by atoms with van der Waals surface area (Å²) in [6.45, 7) is -0.575. The first-order valence-electron chi connectivity index (χ1n) is 7.13. The van der Waals surface area contributed by atoms with Gasteiger partial charge >= 0.3 is 11.9 Å². The highest BCUT2D eigenvalue weighted by molar-refractivity contribution is 8.77. The van der Waals surface area contributed by atoms with Gasteiger partial charge < -0.3 is 30.6 Å². The summed E-state index contributed by atoms with van der Waals surface area (Å²) in [5.74, 6) is -3.81. The molecule has 0 amide bonds. The van der Waals surface area contributed by atoms with Crippen molar-refractivity contribution in [3.05, 3.63) is 24.3 Å². The van der Waals surface area contributed by atoms with Crippen LogP contribution >= 0.6 is 21.6 Å². The minimum atomic E-state index is -1.26. The molecule has 2 aromatic heterocycles. The van der Waals surface area contributed by atoms with Gasteiger partial charge in [-0.1, -0.05) is 21.6 Å². The number of nitrogens with zero attached hydrogens (tertiary/aromatic N) is 2. The molecule has 2 unspecified atom stereocenters. The SMILES string of the molecule is O=C(O)C(Cn1c(O)ccc1O)SSC(Cn1c(O)ccc1O)C(=O)O. The fraction of sp³-hybridized carbons (Fsp3) is 0.286. The molecule has 142 valence electrons. The van der Waals surface area contributed by atoms with Gasteiger partial charge in [-0.25, -0.2) is 0 Å². The van der Waals surface area contributed by atoms with Crippen molar-refractivity contribution in [2.45, 2.75) is 23.6 Å². The molecule has 2 atom stereocenters. The Hall–Kier alpha value is -2.60. The van der Waals surface area contributed by atoms with Crippen molar-refractivity contribution in [2.24, 2.45) is 0 Å². The van der Waals surface area contributed by atoms with Gasteiger partial charge in [0.2, 0.25) is 0 Å². The number of carboxylic acid groups (broad SMARTS) is 2. The van der Waals surface area contributed by atoms with Crippen molar-refractivity contribution in [1.29, 1.82) is 0 Å². The zero-order chi connectivity index (χ0) is 19.4. The first-order valence-corrected chi connectivity index (χ1v) is 9.41. The number of aromatic hydroxyl groups is 4. The fourth-order valence-electron chi connectivity index (χ4n) is 2.03. The van der Waals surface area contributed by atoms with E-state index in [0.717, 1.165) is 30.7 Å². The number of aliphatic carboxylic acids is 2. The molecular weight excluding hydrogens is 388 g/mol. The Morgan fingerprint density at radius 2 is 1.00 bits per heavy atom. The second-order valence-electron chi connectivity index (χ2n) is 5.17. The summed E-state index contributed by atoms with van der Waals surface area (Å²) in [5, 5.41) is 54.7. The van der Waals surface area contributed by atoms with Gasteiger partial charge in [0.15, 0.2) is 23.5 Å². The van der Waals surface area contributed by atoms with Crippen LogP contribution in [-0.4, -0.2) is 62.2 Å². The fourth-order valence-corrected chi connectivity index (χ4v) is 4.55. The van der Waals surface area contributed by atoms with E-state index in [2.05, 4.69) is 0 Å². The molecule has 6 N–H and O–H groups in total. The Bertz CT molecular complexity index is 698. The molecule has 2 aromatic rings. The van der Waals surface area contributed by atoms with Crippen molar-refractivity contribution in [1.82, 2.24) is 9.13 Å². The number of carbonyl (C=O) groups is 2. The van der Waals surface area contributed by atoms with Gasteiger partial charge in [0, 0.05) is 24.3 Å². The average molecular weight is 404 g/mol. The summed E-state index contributed by atoms with van der Waals surface area (Å²) < 4.78 is 1.96. The second-order valence-corrected chi connectivity index (χ2v) is 7.84. The lowest BCUT2D eigenvalue weighted by Crippen LogP contribution is -2.25. The van der Waals surface area contributed by atoms with E-state index in [1.807, 2.05) is 0 Å². The number of hydrogen-bond acceptors (Lipinski definition) is 8. The number of rotatable bonds is 9. The number of carboxylic acids is 2. The average Bonchev–Trinajstić information content (AvgIpc) is 3.05.